The van der Waals surface area contributed by atoms with Gasteiger partial charge in [-0.2, -0.15) is 5.10 Å². The maximum Gasteiger partial charge on any atom is 0.269 e. The van der Waals surface area contributed by atoms with Crippen LogP contribution in [0.5, 0.6) is 0 Å². The molecule has 0 atom stereocenters. The predicted molar refractivity (Wildman–Crippen MR) is 156 cm³/mol. The lowest BCUT2D eigenvalue weighted by atomic mass is 9.98. The van der Waals surface area contributed by atoms with Crippen LogP contribution in [0.25, 0.3) is 33.1 Å². The van der Waals surface area contributed by atoms with Crippen LogP contribution in [-0.2, 0) is 19.5 Å². The monoisotopic (exact) mass is 579 g/mol. The predicted octanol–water partition coefficient (Wildman–Crippen LogP) is 5.07. The quantitative estimate of drug-likeness (QED) is 0.236. The fourth-order valence-corrected chi connectivity index (χ4v) is 5.24. The molecule has 0 radical (unpaired) electrons. The first kappa shape index (κ1) is 28.2. The van der Waals surface area contributed by atoms with Crippen molar-refractivity contribution in [2.24, 2.45) is 0 Å². The van der Waals surface area contributed by atoms with E-state index >= 15 is 0 Å². The standard InChI is InChI=1S/C29H28ClF2N7O2/c1-4-39-28-20(14-36-39)25-17(11-16(2)12-19(25)29(41)38(28)15-24(31)32)9-10-34-21-7-8-23(30)37-26(21)18-5-6-22(35-13-18)27(40)33-3/h5-8,11-14,24,34H,4,9-10,15H2,1-3H3,(H,33,40). The highest BCUT2D eigenvalue weighted by Crippen LogP contribution is 2.30. The van der Waals surface area contributed by atoms with Crippen LogP contribution in [-0.4, -0.2) is 50.2 Å². The van der Waals surface area contributed by atoms with Crippen molar-refractivity contribution >= 4 is 45.0 Å². The third-order valence-electron chi connectivity index (χ3n) is 6.86. The van der Waals surface area contributed by atoms with Crippen molar-refractivity contribution in [2.45, 2.75) is 39.8 Å². The number of aromatic nitrogens is 5. The number of benzene rings is 1. The van der Waals surface area contributed by atoms with E-state index in [0.29, 0.717) is 63.4 Å². The van der Waals surface area contributed by atoms with E-state index in [1.165, 1.54) is 7.05 Å². The van der Waals surface area contributed by atoms with Crippen LogP contribution in [0, 0.1) is 6.92 Å². The Bertz CT molecular complexity index is 1820. The van der Waals surface area contributed by atoms with Gasteiger partial charge in [-0.25, -0.2) is 18.4 Å². The number of alkyl halides is 2. The molecule has 0 aliphatic heterocycles. The minimum atomic E-state index is -2.68. The SMILES string of the molecule is CCn1ncc2c3c(CCNc4ccc(Cl)nc4-c4ccc(C(=O)NC)nc4)cc(C)cc3c(=O)n(CC(F)F)c21. The largest absolute Gasteiger partial charge is 0.383 e. The molecule has 0 saturated carbocycles. The van der Waals surface area contributed by atoms with Gasteiger partial charge in [0.15, 0.2) is 0 Å². The van der Waals surface area contributed by atoms with Crippen LogP contribution >= 0.6 is 11.6 Å². The molecular weight excluding hydrogens is 552 g/mol. The first-order chi connectivity index (χ1) is 19.7. The Morgan fingerprint density at radius 2 is 1.93 bits per heavy atom. The smallest absolute Gasteiger partial charge is 0.269 e. The van der Waals surface area contributed by atoms with E-state index in [2.05, 4.69) is 25.7 Å². The molecule has 0 bridgehead atoms. The van der Waals surface area contributed by atoms with E-state index in [1.807, 2.05) is 26.0 Å². The highest BCUT2D eigenvalue weighted by Gasteiger charge is 2.20. The Morgan fingerprint density at radius 1 is 1.12 bits per heavy atom. The van der Waals surface area contributed by atoms with Crippen LogP contribution < -0.4 is 16.2 Å². The molecule has 0 aliphatic carbocycles. The molecular formula is C29H28ClF2N7O2. The van der Waals surface area contributed by atoms with Crippen LogP contribution in [0.1, 0.15) is 28.5 Å². The van der Waals surface area contributed by atoms with Crippen molar-refractivity contribution in [1.29, 1.82) is 0 Å². The van der Waals surface area contributed by atoms with Gasteiger partial charge in [0.25, 0.3) is 17.9 Å². The maximum atomic E-state index is 13.5. The normalized spacial score (nSPS) is 11.5. The average molecular weight is 580 g/mol. The zero-order valence-corrected chi connectivity index (χ0v) is 23.5. The summed E-state index contributed by atoms with van der Waals surface area (Å²) in [6.45, 7) is 3.94. The Balaban J connectivity index is 1.51. The summed E-state index contributed by atoms with van der Waals surface area (Å²) in [5, 5.41) is 12.4. The average Bonchev–Trinajstić information content (AvgIpc) is 3.39. The third-order valence-corrected chi connectivity index (χ3v) is 7.07. The minimum absolute atomic E-state index is 0.282. The molecule has 0 fully saturated rings. The number of aryl methyl sites for hydroxylation is 2. The van der Waals surface area contributed by atoms with Gasteiger partial charge in [-0.15, -0.1) is 0 Å². The highest BCUT2D eigenvalue weighted by atomic mass is 35.5. The molecule has 1 amide bonds. The van der Waals surface area contributed by atoms with Gasteiger partial charge in [0.1, 0.15) is 16.5 Å². The summed E-state index contributed by atoms with van der Waals surface area (Å²) in [5.74, 6) is -0.293. The van der Waals surface area contributed by atoms with Gasteiger partial charge in [0.05, 0.1) is 24.1 Å². The van der Waals surface area contributed by atoms with E-state index in [1.54, 1.807) is 41.3 Å². The maximum absolute atomic E-state index is 13.5. The molecule has 0 saturated heterocycles. The zero-order chi connectivity index (χ0) is 29.3. The van der Waals surface area contributed by atoms with Crippen molar-refractivity contribution in [3.8, 4) is 11.3 Å². The minimum Gasteiger partial charge on any atom is -0.383 e. The van der Waals surface area contributed by atoms with Crippen molar-refractivity contribution in [2.75, 3.05) is 18.9 Å². The summed E-state index contributed by atoms with van der Waals surface area (Å²) in [4.78, 5) is 34.1. The summed E-state index contributed by atoms with van der Waals surface area (Å²) in [6, 6.07) is 10.6. The number of nitrogens with one attached hydrogen (secondary N) is 2. The fourth-order valence-electron chi connectivity index (χ4n) is 5.09. The molecule has 0 unspecified atom stereocenters. The molecule has 5 aromatic rings. The van der Waals surface area contributed by atoms with Crippen LogP contribution in [0.3, 0.4) is 0 Å². The zero-order valence-electron chi connectivity index (χ0n) is 22.7. The summed E-state index contributed by atoms with van der Waals surface area (Å²) in [6.07, 6.45) is 1.05. The lowest BCUT2D eigenvalue weighted by molar-refractivity contribution is 0.0958. The molecule has 9 nitrogen and oxygen atoms in total. The van der Waals surface area contributed by atoms with E-state index in [-0.39, 0.29) is 11.6 Å². The summed E-state index contributed by atoms with van der Waals surface area (Å²) >= 11 is 6.20. The molecule has 0 spiro atoms. The first-order valence-electron chi connectivity index (χ1n) is 13.1. The van der Waals surface area contributed by atoms with Gasteiger partial charge in [0.2, 0.25) is 0 Å². The van der Waals surface area contributed by atoms with E-state index in [4.69, 9.17) is 11.6 Å². The third kappa shape index (κ3) is 5.49. The van der Waals surface area contributed by atoms with Crippen LogP contribution in [0.2, 0.25) is 5.15 Å². The van der Waals surface area contributed by atoms with Crippen molar-refractivity contribution in [3.63, 3.8) is 0 Å². The molecule has 212 valence electrons. The number of pyridine rings is 3. The highest BCUT2D eigenvalue weighted by molar-refractivity contribution is 6.29. The number of anilines is 1. The van der Waals surface area contributed by atoms with E-state index < -0.39 is 18.5 Å². The van der Waals surface area contributed by atoms with E-state index in [0.717, 1.165) is 15.7 Å². The molecule has 41 heavy (non-hydrogen) atoms. The summed E-state index contributed by atoms with van der Waals surface area (Å²) in [7, 11) is 1.54. The number of hydrogen-bond donors (Lipinski definition) is 2. The van der Waals surface area contributed by atoms with Crippen LogP contribution in [0.4, 0.5) is 14.5 Å². The molecule has 4 heterocycles. The van der Waals surface area contributed by atoms with Gasteiger partial charge in [0, 0.05) is 48.1 Å². The van der Waals surface area contributed by atoms with Crippen molar-refractivity contribution in [3.05, 3.63) is 81.1 Å². The van der Waals surface area contributed by atoms with Crippen molar-refractivity contribution < 1.29 is 13.6 Å². The van der Waals surface area contributed by atoms with E-state index in [9.17, 15) is 18.4 Å². The van der Waals surface area contributed by atoms with Gasteiger partial charge < -0.3 is 10.6 Å². The number of carbonyl (C=O) groups is 1. The number of rotatable bonds is 9. The fraction of sp³-hybridized carbons (Fsp3) is 0.276. The van der Waals surface area contributed by atoms with Gasteiger partial charge in [-0.3, -0.25) is 19.1 Å². The van der Waals surface area contributed by atoms with Gasteiger partial charge in [-0.1, -0.05) is 23.2 Å². The first-order valence-corrected chi connectivity index (χ1v) is 13.5. The lowest BCUT2D eigenvalue weighted by Gasteiger charge is -2.16. The second-order valence-electron chi connectivity index (χ2n) is 9.57. The molecule has 2 N–H and O–H groups in total. The number of fused-ring (bicyclic) bond motifs is 3. The Hall–Kier alpha value is -4.38. The summed E-state index contributed by atoms with van der Waals surface area (Å²) in [5.41, 5.74) is 3.92. The van der Waals surface area contributed by atoms with Crippen LogP contribution in [0.15, 0.2) is 53.6 Å². The van der Waals surface area contributed by atoms with Crippen molar-refractivity contribution in [1.82, 2.24) is 29.6 Å². The molecule has 0 aliphatic rings. The lowest BCUT2D eigenvalue weighted by Crippen LogP contribution is -2.26. The summed E-state index contributed by atoms with van der Waals surface area (Å²) < 4.78 is 29.7. The number of nitrogens with zero attached hydrogens (tertiary/aromatic N) is 5. The second-order valence-corrected chi connectivity index (χ2v) is 9.96. The Kier molecular flexibility index (Phi) is 7.98. The number of halogens is 3. The molecule has 5 rings (SSSR count). The Labute approximate surface area is 239 Å². The molecule has 12 heteroatoms. The van der Waals surface area contributed by atoms with Gasteiger partial charge in [-0.05, 0) is 56.2 Å². The molecule has 1 aromatic carbocycles. The number of amides is 1. The number of hydrogen-bond acceptors (Lipinski definition) is 6. The second kappa shape index (κ2) is 11.6. The Morgan fingerprint density at radius 3 is 2.61 bits per heavy atom. The topological polar surface area (TPSA) is 107 Å². The van der Waals surface area contributed by atoms with Gasteiger partial charge >= 0.3 is 0 Å². The number of carbonyl (C=O) groups excluding carboxylic acids is 1. The molecule has 4 aromatic heterocycles.